The van der Waals surface area contributed by atoms with E-state index < -0.39 is 0 Å². The van der Waals surface area contributed by atoms with E-state index in [0.29, 0.717) is 13.0 Å². The second kappa shape index (κ2) is 5.32. The van der Waals surface area contributed by atoms with E-state index in [1.54, 1.807) is 6.92 Å². The Labute approximate surface area is 96.4 Å². The highest BCUT2D eigenvalue weighted by Gasteiger charge is 2.17. The largest absolute Gasteiger partial charge is 0.393 e. The Bertz CT molecular complexity index is 338. The van der Waals surface area contributed by atoms with Gasteiger partial charge in [-0.25, -0.2) is 0 Å². The van der Waals surface area contributed by atoms with Gasteiger partial charge in [-0.1, -0.05) is 18.2 Å². The molecule has 0 bridgehead atoms. The van der Waals surface area contributed by atoms with Gasteiger partial charge in [0.25, 0.3) is 0 Å². The van der Waals surface area contributed by atoms with Crippen LogP contribution in [0.15, 0.2) is 24.3 Å². The molecule has 0 saturated carbocycles. The van der Waals surface area contributed by atoms with Crippen LogP contribution in [0.1, 0.15) is 18.9 Å². The lowest BCUT2D eigenvalue weighted by Crippen LogP contribution is -2.31. The molecule has 1 aliphatic rings. The molecule has 1 aromatic carbocycles. The van der Waals surface area contributed by atoms with Gasteiger partial charge in [-0.2, -0.15) is 0 Å². The lowest BCUT2D eigenvalue weighted by atomic mass is 10.0. The van der Waals surface area contributed by atoms with Gasteiger partial charge in [0.15, 0.2) is 0 Å². The number of ether oxygens (including phenoxy) is 1. The smallest absolute Gasteiger partial charge is 0.0788 e. The predicted octanol–water partition coefficient (Wildman–Crippen LogP) is 1.81. The highest BCUT2D eigenvalue weighted by atomic mass is 16.5. The monoisotopic (exact) mass is 221 g/mol. The van der Waals surface area contributed by atoms with E-state index in [1.807, 2.05) is 6.07 Å². The van der Waals surface area contributed by atoms with Crippen LogP contribution in [0.5, 0.6) is 0 Å². The molecule has 1 aromatic rings. The van der Waals surface area contributed by atoms with E-state index in [-0.39, 0.29) is 12.2 Å². The van der Waals surface area contributed by atoms with Crippen molar-refractivity contribution < 1.29 is 9.84 Å². The van der Waals surface area contributed by atoms with Crippen molar-refractivity contribution in [3.8, 4) is 0 Å². The second-order valence-corrected chi connectivity index (χ2v) is 4.37. The zero-order chi connectivity index (χ0) is 11.4. The minimum atomic E-state index is -0.274. The minimum absolute atomic E-state index is 0.230. The quantitative estimate of drug-likeness (QED) is 0.814. The number of aliphatic hydroxyl groups excluding tert-OH is 1. The third-order valence-corrected chi connectivity index (χ3v) is 2.87. The first-order valence-corrected chi connectivity index (χ1v) is 5.87. The van der Waals surface area contributed by atoms with E-state index in [1.165, 1.54) is 11.3 Å². The number of aliphatic hydroxyl groups is 1. The molecule has 16 heavy (non-hydrogen) atoms. The van der Waals surface area contributed by atoms with Gasteiger partial charge in [0, 0.05) is 25.3 Å². The topological polar surface area (TPSA) is 41.5 Å². The maximum atomic E-state index is 9.14. The normalized spacial score (nSPS) is 21.0. The lowest BCUT2D eigenvalue weighted by Gasteiger charge is -2.26. The van der Waals surface area contributed by atoms with Crippen LogP contribution in [-0.2, 0) is 11.2 Å². The van der Waals surface area contributed by atoms with Crippen LogP contribution >= 0.6 is 0 Å². The van der Waals surface area contributed by atoms with Gasteiger partial charge in [-0.05, 0) is 25.0 Å². The van der Waals surface area contributed by atoms with Crippen molar-refractivity contribution in [3.05, 3.63) is 29.8 Å². The third kappa shape index (κ3) is 2.97. The molecule has 2 N–H and O–H groups in total. The number of benzene rings is 1. The molecule has 2 unspecified atom stereocenters. The summed E-state index contributed by atoms with van der Waals surface area (Å²) in [7, 11) is 0. The first kappa shape index (κ1) is 11.4. The molecule has 0 aromatic heterocycles. The zero-order valence-corrected chi connectivity index (χ0v) is 9.65. The molecule has 0 fully saturated rings. The van der Waals surface area contributed by atoms with Crippen molar-refractivity contribution in [2.45, 2.75) is 32.0 Å². The predicted molar refractivity (Wildman–Crippen MR) is 64.7 cm³/mol. The molecular formula is C13H19NO2. The van der Waals surface area contributed by atoms with E-state index in [0.717, 1.165) is 13.0 Å². The first-order valence-electron chi connectivity index (χ1n) is 5.87. The van der Waals surface area contributed by atoms with E-state index >= 15 is 0 Å². The maximum absolute atomic E-state index is 9.14. The number of fused-ring (bicyclic) bond motifs is 1. The fraction of sp³-hybridized carbons (Fsp3) is 0.538. The first-order chi connectivity index (χ1) is 7.75. The van der Waals surface area contributed by atoms with Gasteiger partial charge in [-0.3, -0.25) is 0 Å². The summed E-state index contributed by atoms with van der Waals surface area (Å²) in [6.45, 7) is 3.28. The van der Waals surface area contributed by atoms with Gasteiger partial charge in [0.1, 0.15) is 0 Å². The zero-order valence-electron chi connectivity index (χ0n) is 9.65. The Hall–Kier alpha value is -1.06. The SMILES string of the molecule is CC(O)CCOC1CNc2ccccc2C1. The molecular weight excluding hydrogens is 202 g/mol. The fourth-order valence-corrected chi connectivity index (χ4v) is 1.94. The molecule has 88 valence electrons. The highest BCUT2D eigenvalue weighted by Crippen LogP contribution is 2.22. The summed E-state index contributed by atoms with van der Waals surface area (Å²) in [5.74, 6) is 0. The average Bonchev–Trinajstić information content (AvgIpc) is 2.28. The van der Waals surface area contributed by atoms with Crippen LogP contribution in [0.3, 0.4) is 0 Å². The Morgan fingerprint density at radius 1 is 1.50 bits per heavy atom. The number of rotatable bonds is 4. The van der Waals surface area contributed by atoms with Gasteiger partial charge in [0.2, 0.25) is 0 Å². The summed E-state index contributed by atoms with van der Waals surface area (Å²) in [4.78, 5) is 0. The number of nitrogens with one attached hydrogen (secondary N) is 1. The molecule has 0 spiro atoms. The van der Waals surface area contributed by atoms with Crippen LogP contribution < -0.4 is 5.32 Å². The Balaban J connectivity index is 1.83. The fourth-order valence-electron chi connectivity index (χ4n) is 1.94. The van der Waals surface area contributed by atoms with Crippen LogP contribution in [0.2, 0.25) is 0 Å². The van der Waals surface area contributed by atoms with Crippen molar-refractivity contribution in [2.24, 2.45) is 0 Å². The Kier molecular flexibility index (Phi) is 3.80. The number of anilines is 1. The molecule has 2 atom stereocenters. The summed E-state index contributed by atoms with van der Waals surface area (Å²) in [6.07, 6.45) is 1.62. The summed E-state index contributed by atoms with van der Waals surface area (Å²) in [5.41, 5.74) is 2.54. The average molecular weight is 221 g/mol. The van der Waals surface area contributed by atoms with E-state index in [2.05, 4.69) is 23.5 Å². The van der Waals surface area contributed by atoms with Gasteiger partial charge >= 0.3 is 0 Å². The van der Waals surface area contributed by atoms with Crippen LogP contribution in [0.4, 0.5) is 5.69 Å². The number of hydrogen-bond donors (Lipinski definition) is 2. The van der Waals surface area contributed by atoms with E-state index in [4.69, 9.17) is 9.84 Å². The molecule has 1 heterocycles. The van der Waals surface area contributed by atoms with E-state index in [9.17, 15) is 0 Å². The Morgan fingerprint density at radius 3 is 3.12 bits per heavy atom. The molecule has 3 heteroatoms. The standard InChI is InChI=1S/C13H19NO2/c1-10(15)6-7-16-12-8-11-4-2-3-5-13(11)14-9-12/h2-5,10,12,14-15H,6-9H2,1H3. The summed E-state index contributed by atoms with van der Waals surface area (Å²) < 4.78 is 5.73. The second-order valence-electron chi connectivity index (χ2n) is 4.37. The number of hydrogen-bond acceptors (Lipinski definition) is 3. The number of para-hydroxylation sites is 1. The van der Waals surface area contributed by atoms with Crippen molar-refractivity contribution in [1.82, 2.24) is 0 Å². The van der Waals surface area contributed by atoms with Crippen molar-refractivity contribution in [3.63, 3.8) is 0 Å². The van der Waals surface area contributed by atoms with Crippen molar-refractivity contribution in [1.29, 1.82) is 0 Å². The molecule has 0 aliphatic carbocycles. The molecule has 1 aliphatic heterocycles. The lowest BCUT2D eigenvalue weighted by molar-refractivity contribution is 0.0373. The van der Waals surface area contributed by atoms with Crippen molar-refractivity contribution in [2.75, 3.05) is 18.5 Å². The summed E-state index contributed by atoms with van der Waals surface area (Å²) in [6, 6.07) is 8.33. The van der Waals surface area contributed by atoms with Crippen molar-refractivity contribution >= 4 is 5.69 Å². The highest BCUT2D eigenvalue weighted by molar-refractivity contribution is 5.53. The van der Waals surface area contributed by atoms with Crippen LogP contribution in [0, 0.1) is 0 Å². The molecule has 3 nitrogen and oxygen atoms in total. The third-order valence-electron chi connectivity index (χ3n) is 2.87. The minimum Gasteiger partial charge on any atom is -0.393 e. The van der Waals surface area contributed by atoms with Gasteiger partial charge in [0.05, 0.1) is 12.2 Å². The Morgan fingerprint density at radius 2 is 2.31 bits per heavy atom. The molecule has 0 radical (unpaired) electrons. The molecule has 0 saturated heterocycles. The summed E-state index contributed by atoms with van der Waals surface area (Å²) >= 11 is 0. The molecule has 0 amide bonds. The molecule has 2 rings (SSSR count). The maximum Gasteiger partial charge on any atom is 0.0788 e. The van der Waals surface area contributed by atoms with Crippen LogP contribution in [-0.4, -0.2) is 30.5 Å². The van der Waals surface area contributed by atoms with Crippen LogP contribution in [0.25, 0.3) is 0 Å². The van der Waals surface area contributed by atoms with Gasteiger partial charge in [-0.15, -0.1) is 0 Å². The van der Waals surface area contributed by atoms with Gasteiger partial charge < -0.3 is 15.2 Å². The summed E-state index contributed by atoms with van der Waals surface area (Å²) in [5, 5.41) is 12.5.